The van der Waals surface area contributed by atoms with E-state index in [1.807, 2.05) is 60.0 Å². The number of hydrogen-bond donors (Lipinski definition) is 0. The maximum Gasteiger partial charge on any atom is 0.166 e. The quantitative estimate of drug-likeness (QED) is 0.584. The van der Waals surface area contributed by atoms with Gasteiger partial charge in [0.1, 0.15) is 5.75 Å². The van der Waals surface area contributed by atoms with Crippen LogP contribution in [0.1, 0.15) is 28.5 Å². The number of benzene rings is 2. The van der Waals surface area contributed by atoms with Crippen molar-refractivity contribution in [3.8, 4) is 17.0 Å². The van der Waals surface area contributed by atoms with Crippen molar-refractivity contribution in [3.63, 3.8) is 0 Å². The van der Waals surface area contributed by atoms with Crippen molar-refractivity contribution in [2.45, 2.75) is 13.5 Å². The second-order valence-corrected chi connectivity index (χ2v) is 5.71. The zero-order valence-corrected chi connectivity index (χ0v) is 14.5. The van der Waals surface area contributed by atoms with Crippen molar-refractivity contribution >= 4 is 18.4 Å². The molecule has 1 heterocycles. The summed E-state index contributed by atoms with van der Waals surface area (Å²) >= 11 is 0. The first-order valence-electron chi connectivity index (χ1n) is 8.33. The van der Waals surface area contributed by atoms with Gasteiger partial charge in [0.2, 0.25) is 0 Å². The molecule has 3 rings (SSSR count). The molecule has 0 bridgehead atoms. The summed E-state index contributed by atoms with van der Waals surface area (Å²) in [6.07, 6.45) is 5.04. The van der Waals surface area contributed by atoms with Gasteiger partial charge in [0.15, 0.2) is 6.29 Å². The minimum absolute atomic E-state index is 0.682. The summed E-state index contributed by atoms with van der Waals surface area (Å²) in [5.74, 6) is 0.815. The van der Waals surface area contributed by atoms with Crippen molar-refractivity contribution in [1.82, 2.24) is 4.57 Å². The summed E-state index contributed by atoms with van der Waals surface area (Å²) in [7, 11) is 1.66. The van der Waals surface area contributed by atoms with Gasteiger partial charge in [-0.2, -0.15) is 0 Å². The summed E-state index contributed by atoms with van der Waals surface area (Å²) in [6.45, 7) is 2.78. The fourth-order valence-corrected chi connectivity index (χ4v) is 2.98. The predicted molar refractivity (Wildman–Crippen MR) is 103 cm³/mol. The van der Waals surface area contributed by atoms with E-state index in [-0.39, 0.29) is 0 Å². The summed E-state index contributed by atoms with van der Waals surface area (Å²) in [6, 6.07) is 20.0. The molecule has 0 aliphatic rings. The molecule has 0 fully saturated rings. The van der Waals surface area contributed by atoms with Gasteiger partial charge in [0.05, 0.1) is 18.5 Å². The van der Waals surface area contributed by atoms with Crippen LogP contribution < -0.4 is 4.74 Å². The molecule has 0 unspecified atom stereocenters. The molecule has 0 amide bonds. The van der Waals surface area contributed by atoms with Crippen LogP contribution in [-0.2, 0) is 6.54 Å². The zero-order valence-electron chi connectivity index (χ0n) is 14.5. The molecule has 0 saturated heterocycles. The van der Waals surface area contributed by atoms with Crippen LogP contribution in [0.3, 0.4) is 0 Å². The van der Waals surface area contributed by atoms with Crippen LogP contribution in [0.5, 0.6) is 5.75 Å². The van der Waals surface area contributed by atoms with Crippen molar-refractivity contribution in [1.29, 1.82) is 0 Å². The average molecular weight is 331 g/mol. The lowest BCUT2D eigenvalue weighted by Gasteiger charge is -2.10. The van der Waals surface area contributed by atoms with Gasteiger partial charge in [0, 0.05) is 12.1 Å². The van der Waals surface area contributed by atoms with Crippen LogP contribution in [0, 0.1) is 0 Å². The third kappa shape index (κ3) is 3.56. The highest BCUT2D eigenvalue weighted by Crippen LogP contribution is 2.30. The number of hydrogen-bond acceptors (Lipinski definition) is 2. The number of aldehydes is 1. The number of carbonyl (C=O) groups is 1. The Kier molecular flexibility index (Phi) is 5.14. The van der Waals surface area contributed by atoms with Crippen LogP contribution >= 0.6 is 0 Å². The van der Waals surface area contributed by atoms with Crippen LogP contribution in [0.2, 0.25) is 0 Å². The Hall–Kier alpha value is -3.07. The first-order chi connectivity index (χ1) is 12.3. The van der Waals surface area contributed by atoms with Crippen LogP contribution in [0.4, 0.5) is 0 Å². The maximum atomic E-state index is 11.5. The molecule has 0 spiro atoms. The monoisotopic (exact) mass is 331 g/mol. The normalized spacial score (nSPS) is 11.0. The van der Waals surface area contributed by atoms with Crippen LogP contribution in [-0.4, -0.2) is 18.0 Å². The van der Waals surface area contributed by atoms with Gasteiger partial charge < -0.3 is 9.30 Å². The van der Waals surface area contributed by atoms with E-state index in [1.165, 1.54) is 0 Å². The Morgan fingerprint density at radius 1 is 1.00 bits per heavy atom. The van der Waals surface area contributed by atoms with E-state index in [9.17, 15) is 4.79 Å². The van der Waals surface area contributed by atoms with E-state index in [4.69, 9.17) is 4.74 Å². The fraction of sp³-hybridized carbons (Fsp3) is 0.136. The lowest BCUT2D eigenvalue weighted by atomic mass is 10.1. The number of rotatable bonds is 6. The molecule has 3 heteroatoms. The molecule has 0 radical (unpaired) electrons. The van der Waals surface area contributed by atoms with E-state index >= 15 is 0 Å². The molecule has 0 aliphatic heterocycles. The Balaban J connectivity index is 2.09. The molecule has 0 aliphatic carbocycles. The standard InChI is InChI=1S/C22H21NO2/c1-3-23-20(16-24)15-19(10-9-17-7-5-4-6-8-17)22(23)18-11-13-21(25-2)14-12-18/h4-16H,3H2,1-2H3/b10-9+. The Labute approximate surface area is 148 Å². The highest BCUT2D eigenvalue weighted by Gasteiger charge is 2.14. The van der Waals surface area contributed by atoms with Crippen molar-refractivity contribution < 1.29 is 9.53 Å². The van der Waals surface area contributed by atoms with Crippen LogP contribution in [0.15, 0.2) is 60.7 Å². The number of carbonyl (C=O) groups excluding carboxylic acids is 1. The van der Waals surface area contributed by atoms with Gasteiger partial charge in [-0.1, -0.05) is 42.5 Å². The minimum atomic E-state index is 0.682. The molecule has 3 nitrogen and oxygen atoms in total. The van der Waals surface area contributed by atoms with E-state index in [0.29, 0.717) is 5.69 Å². The van der Waals surface area contributed by atoms with E-state index in [2.05, 4.69) is 24.3 Å². The molecule has 0 saturated carbocycles. The average Bonchev–Trinajstić information content (AvgIpc) is 3.05. The maximum absolute atomic E-state index is 11.5. The molecule has 1 aromatic heterocycles. The summed E-state index contributed by atoms with van der Waals surface area (Å²) in [5.41, 5.74) is 4.93. The van der Waals surface area contributed by atoms with Gasteiger partial charge in [-0.05, 0) is 48.4 Å². The second-order valence-electron chi connectivity index (χ2n) is 5.71. The molecule has 126 valence electrons. The van der Waals surface area contributed by atoms with Gasteiger partial charge in [-0.15, -0.1) is 0 Å². The van der Waals surface area contributed by atoms with Crippen LogP contribution in [0.25, 0.3) is 23.4 Å². The number of methoxy groups -OCH3 is 1. The van der Waals surface area contributed by atoms with Gasteiger partial charge >= 0.3 is 0 Å². The molecular weight excluding hydrogens is 310 g/mol. The highest BCUT2D eigenvalue weighted by atomic mass is 16.5. The summed E-state index contributed by atoms with van der Waals surface area (Å²) in [5, 5.41) is 0. The highest BCUT2D eigenvalue weighted by molar-refractivity contribution is 5.85. The Morgan fingerprint density at radius 3 is 2.32 bits per heavy atom. The Morgan fingerprint density at radius 2 is 1.72 bits per heavy atom. The Bertz CT molecular complexity index is 874. The van der Waals surface area contributed by atoms with E-state index in [0.717, 1.165) is 41.0 Å². The molecule has 0 N–H and O–H groups in total. The minimum Gasteiger partial charge on any atom is -0.497 e. The molecule has 25 heavy (non-hydrogen) atoms. The first kappa shape index (κ1) is 16.8. The molecule has 3 aromatic rings. The van der Waals surface area contributed by atoms with E-state index in [1.54, 1.807) is 7.11 Å². The number of nitrogens with zero attached hydrogens (tertiary/aromatic N) is 1. The summed E-state index contributed by atoms with van der Waals surface area (Å²) in [4.78, 5) is 11.5. The van der Waals surface area contributed by atoms with Crippen molar-refractivity contribution in [2.24, 2.45) is 0 Å². The topological polar surface area (TPSA) is 31.2 Å². The smallest absolute Gasteiger partial charge is 0.166 e. The largest absolute Gasteiger partial charge is 0.497 e. The third-order valence-corrected chi connectivity index (χ3v) is 4.21. The van der Waals surface area contributed by atoms with Gasteiger partial charge in [-0.3, -0.25) is 4.79 Å². The lowest BCUT2D eigenvalue weighted by Crippen LogP contribution is -2.01. The van der Waals surface area contributed by atoms with Crippen molar-refractivity contribution in [2.75, 3.05) is 7.11 Å². The molecule has 0 atom stereocenters. The van der Waals surface area contributed by atoms with E-state index < -0.39 is 0 Å². The zero-order chi connectivity index (χ0) is 17.6. The summed E-state index contributed by atoms with van der Waals surface area (Å²) < 4.78 is 7.29. The first-order valence-corrected chi connectivity index (χ1v) is 8.33. The second kappa shape index (κ2) is 7.67. The van der Waals surface area contributed by atoms with Gasteiger partial charge in [0.25, 0.3) is 0 Å². The SMILES string of the molecule is CCn1c(C=O)cc(/C=C/c2ccccc2)c1-c1ccc(OC)cc1. The molecule has 2 aromatic carbocycles. The van der Waals surface area contributed by atoms with Crippen molar-refractivity contribution in [3.05, 3.63) is 77.5 Å². The third-order valence-electron chi connectivity index (χ3n) is 4.21. The fourth-order valence-electron chi connectivity index (χ4n) is 2.98. The lowest BCUT2D eigenvalue weighted by molar-refractivity contribution is 0.111. The molecular formula is C22H21NO2. The van der Waals surface area contributed by atoms with Gasteiger partial charge in [-0.25, -0.2) is 0 Å². The number of ether oxygens (including phenoxy) is 1. The number of aromatic nitrogens is 1. The predicted octanol–water partition coefficient (Wildman–Crippen LogP) is 5.17.